The molecule has 0 heterocycles. The topological polar surface area (TPSA) is 88.1 Å². The number of ether oxygens (including phenoxy) is 1. The quantitative estimate of drug-likeness (QED) is 0.501. The summed E-state index contributed by atoms with van der Waals surface area (Å²) in [6.45, 7) is 2.60. The molecular formula is C7H13N3O2. The van der Waals surface area contributed by atoms with E-state index >= 15 is 0 Å². The average molecular weight is 171 g/mol. The van der Waals surface area contributed by atoms with Crippen LogP contribution in [0.5, 0.6) is 0 Å². The van der Waals surface area contributed by atoms with E-state index in [0.29, 0.717) is 13.2 Å². The number of amides is 1. The highest BCUT2D eigenvalue weighted by Gasteiger charge is 1.97. The standard InChI is InChI=1S/C7H13N3O2/c1-6(4-8)10-2-3-12-5-7(9)11/h6,10H,2-3,5H2,1H3,(H2,9,11). The molecule has 5 heteroatoms. The van der Waals surface area contributed by atoms with Gasteiger partial charge in [0.1, 0.15) is 6.61 Å². The molecule has 3 N–H and O–H groups in total. The molecular weight excluding hydrogens is 158 g/mol. The van der Waals surface area contributed by atoms with Crippen molar-refractivity contribution in [1.82, 2.24) is 5.32 Å². The molecule has 5 nitrogen and oxygen atoms in total. The third kappa shape index (κ3) is 6.99. The number of hydrogen-bond acceptors (Lipinski definition) is 4. The average Bonchev–Trinajstić information content (AvgIpc) is 2.03. The molecule has 0 aliphatic rings. The Morgan fingerprint density at radius 2 is 2.50 bits per heavy atom. The third-order valence-corrected chi connectivity index (χ3v) is 1.13. The van der Waals surface area contributed by atoms with Crippen LogP contribution in [0.2, 0.25) is 0 Å². The van der Waals surface area contributed by atoms with Crippen molar-refractivity contribution >= 4 is 5.91 Å². The fourth-order valence-electron chi connectivity index (χ4n) is 0.566. The minimum absolute atomic E-state index is 0.0669. The number of nitriles is 1. The first kappa shape index (κ1) is 10.9. The molecule has 0 bridgehead atoms. The predicted octanol–water partition coefficient (Wildman–Crippen LogP) is -1.01. The molecule has 68 valence electrons. The molecule has 0 aliphatic heterocycles. The lowest BCUT2D eigenvalue weighted by Crippen LogP contribution is -2.29. The van der Waals surface area contributed by atoms with Crippen molar-refractivity contribution in [3.8, 4) is 6.07 Å². The summed E-state index contributed by atoms with van der Waals surface area (Å²) in [5.41, 5.74) is 4.82. The second kappa shape index (κ2) is 6.58. The summed E-state index contributed by atoms with van der Waals surface area (Å²) in [7, 11) is 0. The Morgan fingerprint density at radius 3 is 3.00 bits per heavy atom. The van der Waals surface area contributed by atoms with Crippen LogP contribution in [-0.4, -0.2) is 31.7 Å². The van der Waals surface area contributed by atoms with Crippen LogP contribution in [0.15, 0.2) is 0 Å². The highest BCUT2D eigenvalue weighted by atomic mass is 16.5. The lowest BCUT2D eigenvalue weighted by atomic mass is 10.4. The van der Waals surface area contributed by atoms with Gasteiger partial charge in [-0.1, -0.05) is 0 Å². The van der Waals surface area contributed by atoms with Gasteiger partial charge in [0.2, 0.25) is 5.91 Å². The van der Waals surface area contributed by atoms with Gasteiger partial charge in [-0.3, -0.25) is 10.1 Å². The van der Waals surface area contributed by atoms with Gasteiger partial charge in [0.05, 0.1) is 18.7 Å². The maximum Gasteiger partial charge on any atom is 0.243 e. The molecule has 1 unspecified atom stereocenters. The van der Waals surface area contributed by atoms with Gasteiger partial charge in [0.25, 0.3) is 0 Å². The highest BCUT2D eigenvalue weighted by molar-refractivity contribution is 5.74. The van der Waals surface area contributed by atoms with Crippen LogP contribution in [-0.2, 0) is 9.53 Å². The predicted molar refractivity (Wildman–Crippen MR) is 43.1 cm³/mol. The van der Waals surface area contributed by atoms with E-state index in [1.54, 1.807) is 6.92 Å². The number of nitrogens with one attached hydrogen (secondary N) is 1. The van der Waals surface area contributed by atoms with Crippen LogP contribution >= 0.6 is 0 Å². The second-order valence-corrected chi connectivity index (χ2v) is 2.32. The van der Waals surface area contributed by atoms with Crippen molar-refractivity contribution in [3.63, 3.8) is 0 Å². The van der Waals surface area contributed by atoms with Crippen LogP contribution in [0.4, 0.5) is 0 Å². The highest BCUT2D eigenvalue weighted by Crippen LogP contribution is 1.77. The van der Waals surface area contributed by atoms with Gasteiger partial charge in [0.15, 0.2) is 0 Å². The molecule has 0 aromatic carbocycles. The van der Waals surface area contributed by atoms with Crippen LogP contribution < -0.4 is 11.1 Å². The summed E-state index contributed by atoms with van der Waals surface area (Å²) >= 11 is 0. The Labute approximate surface area is 71.5 Å². The van der Waals surface area contributed by atoms with Gasteiger partial charge in [-0.25, -0.2) is 0 Å². The fraction of sp³-hybridized carbons (Fsp3) is 0.714. The summed E-state index contributed by atoms with van der Waals surface area (Å²) < 4.78 is 4.84. The lowest BCUT2D eigenvalue weighted by Gasteiger charge is -2.05. The first-order valence-electron chi connectivity index (χ1n) is 3.66. The number of hydrogen-bond donors (Lipinski definition) is 2. The SMILES string of the molecule is CC(C#N)NCCOCC(N)=O. The maximum absolute atomic E-state index is 10.2. The van der Waals surface area contributed by atoms with Crippen molar-refractivity contribution in [1.29, 1.82) is 5.26 Å². The van der Waals surface area contributed by atoms with Crippen molar-refractivity contribution in [2.45, 2.75) is 13.0 Å². The van der Waals surface area contributed by atoms with E-state index in [9.17, 15) is 4.79 Å². The zero-order chi connectivity index (χ0) is 9.40. The Kier molecular flexibility index (Phi) is 5.97. The van der Waals surface area contributed by atoms with Gasteiger partial charge in [0, 0.05) is 6.54 Å². The first-order chi connectivity index (χ1) is 5.66. The van der Waals surface area contributed by atoms with Gasteiger partial charge in [-0.2, -0.15) is 5.26 Å². The summed E-state index contributed by atoms with van der Waals surface area (Å²) in [5, 5.41) is 11.2. The van der Waals surface area contributed by atoms with E-state index in [4.69, 9.17) is 15.7 Å². The third-order valence-electron chi connectivity index (χ3n) is 1.13. The maximum atomic E-state index is 10.2. The molecule has 0 saturated heterocycles. The number of rotatable bonds is 6. The van der Waals surface area contributed by atoms with Gasteiger partial charge >= 0.3 is 0 Å². The molecule has 0 aromatic heterocycles. The lowest BCUT2D eigenvalue weighted by molar-refractivity contribution is -0.122. The van der Waals surface area contributed by atoms with E-state index in [1.807, 2.05) is 6.07 Å². The van der Waals surface area contributed by atoms with Crippen molar-refractivity contribution in [3.05, 3.63) is 0 Å². The molecule has 1 atom stereocenters. The molecule has 0 fully saturated rings. The van der Waals surface area contributed by atoms with E-state index in [2.05, 4.69) is 5.32 Å². The van der Waals surface area contributed by atoms with E-state index in [1.165, 1.54) is 0 Å². The normalized spacial score (nSPS) is 12.0. The van der Waals surface area contributed by atoms with Gasteiger partial charge in [-0.05, 0) is 6.92 Å². The Balaban J connectivity index is 3.12. The number of primary amides is 1. The smallest absolute Gasteiger partial charge is 0.243 e. The second-order valence-electron chi connectivity index (χ2n) is 2.32. The Bertz CT molecular complexity index is 176. The largest absolute Gasteiger partial charge is 0.370 e. The van der Waals surface area contributed by atoms with Crippen LogP contribution in [0.25, 0.3) is 0 Å². The molecule has 0 radical (unpaired) electrons. The first-order valence-corrected chi connectivity index (χ1v) is 3.66. The number of carbonyl (C=O) groups excluding carboxylic acids is 1. The molecule has 0 spiro atoms. The Hall–Kier alpha value is -1.12. The van der Waals surface area contributed by atoms with E-state index in [0.717, 1.165) is 0 Å². The van der Waals surface area contributed by atoms with Gasteiger partial charge < -0.3 is 10.5 Å². The fourth-order valence-corrected chi connectivity index (χ4v) is 0.566. The molecule has 0 rings (SSSR count). The zero-order valence-electron chi connectivity index (χ0n) is 7.04. The van der Waals surface area contributed by atoms with Crippen molar-refractivity contribution in [2.75, 3.05) is 19.8 Å². The molecule has 0 saturated carbocycles. The number of nitrogens with two attached hydrogens (primary N) is 1. The van der Waals surface area contributed by atoms with Crippen LogP contribution in [0.3, 0.4) is 0 Å². The Morgan fingerprint density at radius 1 is 1.83 bits per heavy atom. The molecule has 12 heavy (non-hydrogen) atoms. The van der Waals surface area contributed by atoms with Gasteiger partial charge in [-0.15, -0.1) is 0 Å². The number of carbonyl (C=O) groups is 1. The number of nitrogens with zero attached hydrogens (tertiary/aromatic N) is 1. The van der Waals surface area contributed by atoms with Crippen LogP contribution in [0, 0.1) is 11.3 Å². The summed E-state index contributed by atoms with van der Waals surface area (Å²) in [4.78, 5) is 10.2. The minimum atomic E-state index is -0.483. The van der Waals surface area contributed by atoms with Crippen molar-refractivity contribution in [2.24, 2.45) is 5.73 Å². The monoisotopic (exact) mass is 171 g/mol. The van der Waals surface area contributed by atoms with E-state index < -0.39 is 5.91 Å². The summed E-state index contributed by atoms with van der Waals surface area (Å²) in [5.74, 6) is -0.483. The summed E-state index contributed by atoms with van der Waals surface area (Å²) in [6.07, 6.45) is 0. The van der Waals surface area contributed by atoms with E-state index in [-0.39, 0.29) is 12.6 Å². The summed E-state index contributed by atoms with van der Waals surface area (Å²) in [6, 6.07) is 1.81. The molecule has 0 aliphatic carbocycles. The minimum Gasteiger partial charge on any atom is -0.370 e. The van der Waals surface area contributed by atoms with Crippen molar-refractivity contribution < 1.29 is 9.53 Å². The molecule has 0 aromatic rings. The molecule has 1 amide bonds. The van der Waals surface area contributed by atoms with Crippen LogP contribution in [0.1, 0.15) is 6.92 Å². The zero-order valence-corrected chi connectivity index (χ0v) is 7.04.